The smallest absolute Gasteiger partial charge is 0.240 e. The second-order valence-corrected chi connectivity index (χ2v) is 5.41. The molecule has 5 nitrogen and oxygen atoms in total. The number of thioether (sulfide) groups is 1. The second kappa shape index (κ2) is 6.08. The Labute approximate surface area is 116 Å². The van der Waals surface area contributed by atoms with Gasteiger partial charge in [0.05, 0.1) is 17.5 Å². The topological polar surface area (TPSA) is 69.6 Å². The number of amides is 2. The first-order valence-corrected chi connectivity index (χ1v) is 7.03. The Balaban J connectivity index is 2.07. The third kappa shape index (κ3) is 3.48. The molecule has 2 amide bonds. The molecule has 0 spiro atoms. The highest BCUT2D eigenvalue weighted by Crippen LogP contribution is 2.34. The zero-order valence-electron chi connectivity index (χ0n) is 10.6. The van der Waals surface area contributed by atoms with Gasteiger partial charge in [-0.2, -0.15) is 0 Å². The fraction of sp³-hybridized carbons (Fsp3) is 0.385. The van der Waals surface area contributed by atoms with E-state index in [0.717, 1.165) is 10.6 Å². The molecule has 102 valence electrons. The Morgan fingerprint density at radius 2 is 2.26 bits per heavy atom. The van der Waals surface area contributed by atoms with Gasteiger partial charge >= 0.3 is 0 Å². The van der Waals surface area contributed by atoms with E-state index in [2.05, 4.69) is 5.32 Å². The van der Waals surface area contributed by atoms with E-state index in [1.54, 1.807) is 6.92 Å². The van der Waals surface area contributed by atoms with Gasteiger partial charge in [-0.3, -0.25) is 9.59 Å². The van der Waals surface area contributed by atoms with Crippen LogP contribution >= 0.6 is 11.8 Å². The number of rotatable bonds is 4. The number of carbonyl (C=O) groups excluding carboxylic acids is 2. The molecule has 1 atom stereocenters. The lowest BCUT2D eigenvalue weighted by molar-refractivity contribution is -0.123. The Bertz CT molecular complexity index is 491. The normalized spacial score (nSPS) is 15.9. The molecule has 6 heteroatoms. The molecule has 0 aromatic heterocycles. The van der Waals surface area contributed by atoms with Crippen molar-refractivity contribution < 1.29 is 14.7 Å². The summed E-state index contributed by atoms with van der Waals surface area (Å²) < 4.78 is 0. The lowest BCUT2D eigenvalue weighted by atomic mass is 10.2. The number of nitrogens with zero attached hydrogens (tertiary/aromatic N) is 1. The highest BCUT2D eigenvalue weighted by molar-refractivity contribution is 8.00. The molecule has 0 saturated heterocycles. The van der Waals surface area contributed by atoms with Crippen molar-refractivity contribution in [3.63, 3.8) is 0 Å². The third-order valence-electron chi connectivity index (χ3n) is 2.70. The lowest BCUT2D eigenvalue weighted by Gasteiger charge is -2.28. The molecule has 2 rings (SSSR count). The maximum Gasteiger partial charge on any atom is 0.240 e. The van der Waals surface area contributed by atoms with Gasteiger partial charge in [-0.15, -0.1) is 11.8 Å². The van der Waals surface area contributed by atoms with Gasteiger partial charge in [0, 0.05) is 11.4 Å². The summed E-state index contributed by atoms with van der Waals surface area (Å²) in [6.07, 6.45) is -0.594. The molecule has 2 N–H and O–H groups in total. The van der Waals surface area contributed by atoms with Crippen LogP contribution in [0.4, 0.5) is 5.69 Å². The minimum atomic E-state index is -0.594. The minimum Gasteiger partial charge on any atom is -0.392 e. The molecule has 0 fully saturated rings. The van der Waals surface area contributed by atoms with Gasteiger partial charge in [-0.1, -0.05) is 12.1 Å². The van der Waals surface area contributed by atoms with Crippen LogP contribution in [0.1, 0.15) is 6.92 Å². The maximum absolute atomic E-state index is 11.9. The van der Waals surface area contributed by atoms with Crippen molar-refractivity contribution in [3.05, 3.63) is 24.3 Å². The summed E-state index contributed by atoms with van der Waals surface area (Å²) in [4.78, 5) is 26.1. The Hall–Kier alpha value is -1.53. The van der Waals surface area contributed by atoms with E-state index in [0.29, 0.717) is 5.75 Å². The number of carbonyl (C=O) groups is 2. The molecule has 19 heavy (non-hydrogen) atoms. The van der Waals surface area contributed by atoms with Crippen molar-refractivity contribution in [3.8, 4) is 0 Å². The van der Waals surface area contributed by atoms with Gasteiger partial charge in [0.2, 0.25) is 11.8 Å². The highest BCUT2D eigenvalue weighted by atomic mass is 32.2. The van der Waals surface area contributed by atoms with E-state index in [4.69, 9.17) is 5.11 Å². The molecule has 0 saturated carbocycles. The van der Waals surface area contributed by atoms with Gasteiger partial charge in [0.15, 0.2) is 0 Å². The van der Waals surface area contributed by atoms with Crippen LogP contribution in [-0.4, -0.2) is 41.9 Å². The number of aliphatic hydroxyl groups is 1. The molecular formula is C13H16N2O3S. The molecule has 1 aromatic rings. The summed E-state index contributed by atoms with van der Waals surface area (Å²) in [6.45, 7) is 1.78. The van der Waals surface area contributed by atoms with Crippen molar-refractivity contribution in [1.82, 2.24) is 5.32 Å². The van der Waals surface area contributed by atoms with Crippen molar-refractivity contribution in [1.29, 1.82) is 0 Å². The predicted molar refractivity (Wildman–Crippen MR) is 74.2 cm³/mol. The summed E-state index contributed by atoms with van der Waals surface area (Å²) in [6, 6.07) is 7.53. The summed E-state index contributed by atoms with van der Waals surface area (Å²) >= 11 is 1.48. The van der Waals surface area contributed by atoms with Crippen LogP contribution in [0, 0.1) is 0 Å². The maximum atomic E-state index is 11.9. The predicted octanol–water partition coefficient (Wildman–Crippen LogP) is 0.622. The van der Waals surface area contributed by atoms with E-state index in [1.807, 2.05) is 24.3 Å². The number of aliphatic hydroxyl groups excluding tert-OH is 1. The van der Waals surface area contributed by atoms with Crippen molar-refractivity contribution in [2.24, 2.45) is 0 Å². The zero-order chi connectivity index (χ0) is 13.8. The molecular weight excluding hydrogens is 264 g/mol. The van der Waals surface area contributed by atoms with Gasteiger partial charge in [-0.05, 0) is 19.1 Å². The van der Waals surface area contributed by atoms with E-state index in [1.165, 1.54) is 16.7 Å². The van der Waals surface area contributed by atoms with Gasteiger partial charge in [0.25, 0.3) is 0 Å². The molecule has 0 aliphatic carbocycles. The number of anilines is 1. The molecule has 1 heterocycles. The van der Waals surface area contributed by atoms with Crippen molar-refractivity contribution >= 4 is 29.3 Å². The van der Waals surface area contributed by atoms with Gasteiger partial charge in [0.1, 0.15) is 6.54 Å². The van der Waals surface area contributed by atoms with Gasteiger partial charge in [-0.25, -0.2) is 0 Å². The van der Waals surface area contributed by atoms with E-state index in [-0.39, 0.29) is 24.9 Å². The standard InChI is InChI=1S/C13H16N2O3S/c1-9(16)6-14-12(17)7-15-10-4-2-3-5-11(10)19-8-13(15)18/h2-5,9,16H,6-8H2,1H3,(H,14,17). The summed E-state index contributed by atoms with van der Waals surface area (Å²) in [7, 11) is 0. The molecule has 0 bridgehead atoms. The number of nitrogens with one attached hydrogen (secondary N) is 1. The van der Waals surface area contributed by atoms with Crippen LogP contribution in [0.15, 0.2) is 29.2 Å². The number of hydrogen-bond acceptors (Lipinski definition) is 4. The van der Waals surface area contributed by atoms with Crippen LogP contribution in [-0.2, 0) is 9.59 Å². The second-order valence-electron chi connectivity index (χ2n) is 4.39. The SMILES string of the molecule is CC(O)CNC(=O)CN1C(=O)CSc2ccccc21. The minimum absolute atomic E-state index is 0.0108. The van der Waals surface area contributed by atoms with Crippen LogP contribution in [0.3, 0.4) is 0 Å². The van der Waals surface area contributed by atoms with Crippen LogP contribution in [0.25, 0.3) is 0 Å². The first kappa shape index (κ1) is 13.9. The average molecular weight is 280 g/mol. The van der Waals surface area contributed by atoms with E-state index in [9.17, 15) is 9.59 Å². The summed E-state index contributed by atoms with van der Waals surface area (Å²) in [5.74, 6) is 0.00703. The molecule has 1 aromatic carbocycles. The molecule has 1 unspecified atom stereocenters. The summed E-state index contributed by atoms with van der Waals surface area (Å²) in [5.41, 5.74) is 0.774. The van der Waals surface area contributed by atoms with Crippen molar-refractivity contribution in [2.45, 2.75) is 17.9 Å². The fourth-order valence-corrected chi connectivity index (χ4v) is 2.72. The molecule has 1 aliphatic heterocycles. The lowest BCUT2D eigenvalue weighted by Crippen LogP contribution is -2.44. The fourth-order valence-electron chi connectivity index (χ4n) is 1.79. The number of para-hydroxylation sites is 1. The third-order valence-corrected chi connectivity index (χ3v) is 3.75. The number of benzene rings is 1. The molecule has 0 radical (unpaired) electrons. The number of fused-ring (bicyclic) bond motifs is 1. The first-order chi connectivity index (χ1) is 9.08. The van der Waals surface area contributed by atoms with Crippen molar-refractivity contribution in [2.75, 3.05) is 23.7 Å². The Morgan fingerprint density at radius 3 is 3.00 bits per heavy atom. The number of hydrogen-bond donors (Lipinski definition) is 2. The van der Waals surface area contributed by atoms with E-state index < -0.39 is 6.10 Å². The Kier molecular flexibility index (Phi) is 4.44. The average Bonchev–Trinajstić information content (AvgIpc) is 2.40. The van der Waals surface area contributed by atoms with Crippen LogP contribution in [0.2, 0.25) is 0 Å². The zero-order valence-corrected chi connectivity index (χ0v) is 11.4. The molecule has 1 aliphatic rings. The highest BCUT2D eigenvalue weighted by Gasteiger charge is 2.25. The van der Waals surface area contributed by atoms with E-state index >= 15 is 0 Å². The largest absolute Gasteiger partial charge is 0.392 e. The first-order valence-electron chi connectivity index (χ1n) is 6.05. The monoisotopic (exact) mass is 280 g/mol. The Morgan fingerprint density at radius 1 is 1.53 bits per heavy atom. The van der Waals surface area contributed by atoms with Crippen LogP contribution < -0.4 is 10.2 Å². The quantitative estimate of drug-likeness (QED) is 0.848. The van der Waals surface area contributed by atoms with Crippen LogP contribution in [0.5, 0.6) is 0 Å². The summed E-state index contributed by atoms with van der Waals surface area (Å²) in [5, 5.41) is 11.7. The van der Waals surface area contributed by atoms with Gasteiger partial charge < -0.3 is 15.3 Å².